The van der Waals surface area contributed by atoms with Crippen LogP contribution in [0.1, 0.15) is 41.5 Å². The van der Waals surface area contributed by atoms with Gasteiger partial charge in [-0.15, -0.1) is 0 Å². The smallest absolute Gasteiger partial charge is 0.100 e. The Morgan fingerprint density at radius 3 is 1.93 bits per heavy atom. The predicted octanol–water partition coefficient (Wildman–Crippen LogP) is 2.73. The molecule has 0 aromatic rings. The van der Waals surface area contributed by atoms with E-state index >= 15 is 0 Å². The molecule has 0 aliphatic carbocycles. The van der Waals surface area contributed by atoms with Crippen LogP contribution < -0.4 is 0 Å². The van der Waals surface area contributed by atoms with Gasteiger partial charge in [-0.25, -0.2) is 0 Å². The fraction of sp³-hybridized carbons (Fsp3) is 1.00. The highest BCUT2D eigenvalue weighted by molar-refractivity contribution is 4.89. The second kappa shape index (κ2) is 4.63. The first-order valence-corrected chi connectivity index (χ1v) is 5.82. The summed E-state index contributed by atoms with van der Waals surface area (Å²) in [5.74, 6) is 1.29. The van der Waals surface area contributed by atoms with E-state index in [0.29, 0.717) is 30.0 Å². The van der Waals surface area contributed by atoms with Gasteiger partial charge in [0, 0.05) is 12.1 Å². The average molecular weight is 199 g/mol. The van der Waals surface area contributed by atoms with Crippen molar-refractivity contribution in [3.63, 3.8) is 0 Å². The first-order chi connectivity index (χ1) is 6.45. The molecule has 0 saturated carbocycles. The molecular formula is C12H25NO. The van der Waals surface area contributed by atoms with Gasteiger partial charge in [0.25, 0.3) is 0 Å². The third-order valence-corrected chi connectivity index (χ3v) is 3.14. The molecule has 0 aromatic heterocycles. The van der Waals surface area contributed by atoms with Crippen LogP contribution in [0.15, 0.2) is 0 Å². The van der Waals surface area contributed by atoms with Gasteiger partial charge >= 0.3 is 0 Å². The molecule has 1 rings (SSSR count). The van der Waals surface area contributed by atoms with E-state index in [-0.39, 0.29) is 0 Å². The molecule has 0 radical (unpaired) electrons. The second-order valence-corrected chi connectivity index (χ2v) is 5.35. The number of nitrogens with zero attached hydrogens (tertiary/aromatic N) is 1. The molecular weight excluding hydrogens is 174 g/mol. The van der Waals surface area contributed by atoms with Crippen LogP contribution in [0.5, 0.6) is 0 Å². The van der Waals surface area contributed by atoms with Crippen molar-refractivity contribution in [2.24, 2.45) is 11.8 Å². The van der Waals surface area contributed by atoms with Crippen molar-refractivity contribution in [1.82, 2.24) is 4.90 Å². The highest BCUT2D eigenvalue weighted by atomic mass is 16.5. The van der Waals surface area contributed by atoms with Crippen LogP contribution in [0.3, 0.4) is 0 Å². The third-order valence-electron chi connectivity index (χ3n) is 3.14. The third kappa shape index (κ3) is 2.29. The molecule has 0 spiro atoms. The molecule has 2 atom stereocenters. The highest BCUT2D eigenvalue weighted by Crippen LogP contribution is 2.29. The zero-order valence-electron chi connectivity index (χ0n) is 10.4. The van der Waals surface area contributed by atoms with Crippen LogP contribution in [0.2, 0.25) is 0 Å². The first-order valence-electron chi connectivity index (χ1n) is 5.82. The van der Waals surface area contributed by atoms with Crippen molar-refractivity contribution >= 4 is 0 Å². The largest absolute Gasteiger partial charge is 0.361 e. The average Bonchev–Trinajstić information content (AvgIpc) is 2.46. The van der Waals surface area contributed by atoms with Crippen LogP contribution in [0, 0.1) is 11.8 Å². The maximum absolute atomic E-state index is 5.89. The normalized spacial score (nSPS) is 29.8. The summed E-state index contributed by atoms with van der Waals surface area (Å²) >= 11 is 0. The van der Waals surface area contributed by atoms with Crippen LogP contribution in [0.25, 0.3) is 0 Å². The van der Waals surface area contributed by atoms with Crippen molar-refractivity contribution in [1.29, 1.82) is 0 Å². The van der Waals surface area contributed by atoms with E-state index in [2.05, 4.69) is 46.4 Å². The molecule has 84 valence electrons. The summed E-state index contributed by atoms with van der Waals surface area (Å²) in [6.07, 6.45) is 0.414. The number of hydrogen-bond donors (Lipinski definition) is 0. The number of rotatable bonds is 3. The monoisotopic (exact) mass is 199 g/mol. The van der Waals surface area contributed by atoms with E-state index in [1.807, 2.05) is 0 Å². The summed E-state index contributed by atoms with van der Waals surface area (Å²) in [5, 5.41) is 0. The molecule has 2 unspecified atom stereocenters. The highest BCUT2D eigenvalue weighted by Gasteiger charge is 2.39. The lowest BCUT2D eigenvalue weighted by Crippen LogP contribution is -2.44. The minimum atomic E-state index is 0.414. The second-order valence-electron chi connectivity index (χ2n) is 5.35. The molecule has 2 heteroatoms. The minimum Gasteiger partial charge on any atom is -0.361 e. The van der Waals surface area contributed by atoms with Gasteiger partial charge < -0.3 is 4.74 Å². The maximum Gasteiger partial charge on any atom is 0.100 e. The maximum atomic E-state index is 5.89. The van der Waals surface area contributed by atoms with Gasteiger partial charge in [-0.05, 0) is 25.7 Å². The van der Waals surface area contributed by atoms with E-state index in [4.69, 9.17) is 4.74 Å². The molecule has 0 aromatic carbocycles. The van der Waals surface area contributed by atoms with Gasteiger partial charge in [-0.1, -0.05) is 27.7 Å². The van der Waals surface area contributed by atoms with Crippen LogP contribution in [-0.2, 0) is 4.74 Å². The van der Waals surface area contributed by atoms with Gasteiger partial charge in [0.2, 0.25) is 0 Å². The summed E-state index contributed by atoms with van der Waals surface area (Å²) in [5.41, 5.74) is 0. The molecule has 1 saturated heterocycles. The predicted molar refractivity (Wildman–Crippen MR) is 60.2 cm³/mol. The fourth-order valence-corrected chi connectivity index (χ4v) is 2.39. The van der Waals surface area contributed by atoms with E-state index in [1.54, 1.807) is 0 Å². The molecule has 1 aliphatic heterocycles. The molecule has 1 aliphatic rings. The van der Waals surface area contributed by atoms with Gasteiger partial charge in [0.1, 0.15) is 6.73 Å². The van der Waals surface area contributed by atoms with Crippen molar-refractivity contribution in [3.8, 4) is 0 Å². The van der Waals surface area contributed by atoms with Crippen molar-refractivity contribution in [2.75, 3.05) is 6.73 Å². The summed E-state index contributed by atoms with van der Waals surface area (Å²) in [6.45, 7) is 14.4. The Morgan fingerprint density at radius 2 is 1.57 bits per heavy atom. The molecule has 2 nitrogen and oxygen atoms in total. The van der Waals surface area contributed by atoms with Crippen molar-refractivity contribution in [2.45, 2.75) is 59.7 Å². The van der Waals surface area contributed by atoms with E-state index in [9.17, 15) is 0 Å². The molecule has 14 heavy (non-hydrogen) atoms. The Hall–Kier alpha value is -0.0800. The Kier molecular flexibility index (Phi) is 3.96. The molecule has 0 bridgehead atoms. The molecule has 1 heterocycles. The minimum absolute atomic E-state index is 0.414. The van der Waals surface area contributed by atoms with E-state index in [1.165, 1.54) is 0 Å². The summed E-state index contributed by atoms with van der Waals surface area (Å²) < 4.78 is 5.89. The van der Waals surface area contributed by atoms with Gasteiger partial charge in [-0.2, -0.15) is 0 Å². The fourth-order valence-electron chi connectivity index (χ4n) is 2.39. The standard InChI is InChI=1S/C12H25NO/c1-8(2)11-12(9(3)4)14-7-13(11)10(5)6/h8-12H,7H2,1-6H3. The van der Waals surface area contributed by atoms with E-state index < -0.39 is 0 Å². The molecule has 0 amide bonds. The lowest BCUT2D eigenvalue weighted by atomic mass is 9.90. The Bertz CT molecular complexity index is 161. The summed E-state index contributed by atoms with van der Waals surface area (Å²) in [7, 11) is 0. The van der Waals surface area contributed by atoms with Crippen LogP contribution in [0.4, 0.5) is 0 Å². The van der Waals surface area contributed by atoms with Gasteiger partial charge in [0.05, 0.1) is 6.10 Å². The first kappa shape index (κ1) is 12.0. The lowest BCUT2D eigenvalue weighted by molar-refractivity contribution is 0.0556. The summed E-state index contributed by atoms with van der Waals surface area (Å²) in [4.78, 5) is 2.48. The number of hydrogen-bond acceptors (Lipinski definition) is 2. The van der Waals surface area contributed by atoms with Crippen LogP contribution >= 0.6 is 0 Å². The summed E-state index contributed by atoms with van der Waals surface area (Å²) in [6, 6.07) is 1.18. The quantitative estimate of drug-likeness (QED) is 0.693. The molecule has 0 N–H and O–H groups in total. The Labute approximate surface area is 88.6 Å². The van der Waals surface area contributed by atoms with Gasteiger partial charge in [-0.3, -0.25) is 4.90 Å². The molecule has 1 fully saturated rings. The zero-order chi connectivity index (χ0) is 10.9. The number of ether oxygens (including phenoxy) is 1. The topological polar surface area (TPSA) is 12.5 Å². The van der Waals surface area contributed by atoms with Crippen molar-refractivity contribution in [3.05, 3.63) is 0 Å². The SMILES string of the molecule is CC(C)C1OCN(C(C)C)C1C(C)C. The van der Waals surface area contributed by atoms with Crippen LogP contribution in [-0.4, -0.2) is 29.8 Å². The van der Waals surface area contributed by atoms with Crippen molar-refractivity contribution < 1.29 is 4.74 Å². The zero-order valence-corrected chi connectivity index (χ0v) is 10.4. The van der Waals surface area contributed by atoms with E-state index in [0.717, 1.165) is 6.73 Å². The lowest BCUT2D eigenvalue weighted by Gasteiger charge is -2.33. The Morgan fingerprint density at radius 1 is 1.00 bits per heavy atom. The Balaban J connectivity index is 2.74. The van der Waals surface area contributed by atoms with Gasteiger partial charge in [0.15, 0.2) is 0 Å².